The highest BCUT2D eigenvalue weighted by Gasteiger charge is 2.14. The summed E-state index contributed by atoms with van der Waals surface area (Å²) in [5, 5.41) is 4.15. The van der Waals surface area contributed by atoms with Crippen molar-refractivity contribution in [2.45, 2.75) is 39.5 Å². The van der Waals surface area contributed by atoms with Crippen LogP contribution >= 0.6 is 11.3 Å². The minimum atomic E-state index is 0.565. The van der Waals surface area contributed by atoms with Crippen LogP contribution in [0.3, 0.4) is 0 Å². The monoisotopic (exact) mass is 511 g/mol. The summed E-state index contributed by atoms with van der Waals surface area (Å²) in [5.41, 5.74) is 15.1. The number of hydrogen-bond acceptors (Lipinski definition) is 5. The molecule has 0 bridgehead atoms. The Balaban J connectivity index is 1.58. The van der Waals surface area contributed by atoms with Crippen molar-refractivity contribution in [1.29, 1.82) is 0 Å². The summed E-state index contributed by atoms with van der Waals surface area (Å²) in [6.07, 6.45) is 16.5. The first-order valence-corrected chi connectivity index (χ1v) is 13.9. The van der Waals surface area contributed by atoms with Gasteiger partial charge in [0.2, 0.25) is 0 Å². The molecule has 3 aromatic rings. The molecule has 0 amide bonds. The van der Waals surface area contributed by atoms with E-state index in [1.807, 2.05) is 38.3 Å². The van der Waals surface area contributed by atoms with Gasteiger partial charge < -0.3 is 10.7 Å². The van der Waals surface area contributed by atoms with Gasteiger partial charge in [0.05, 0.1) is 11.2 Å². The third kappa shape index (κ3) is 6.64. The summed E-state index contributed by atoms with van der Waals surface area (Å²) in [6.45, 7) is 15.7. The van der Waals surface area contributed by atoms with Gasteiger partial charge in [-0.15, -0.1) is 0 Å². The molecule has 37 heavy (non-hydrogen) atoms. The fourth-order valence-corrected chi connectivity index (χ4v) is 5.32. The first-order valence-electron chi connectivity index (χ1n) is 12.9. The second kappa shape index (κ2) is 12.7. The average molecular weight is 512 g/mol. The molecule has 6 heteroatoms. The molecule has 4 heterocycles. The van der Waals surface area contributed by atoms with Crippen molar-refractivity contribution < 1.29 is 0 Å². The molecule has 1 fully saturated rings. The second-order valence-corrected chi connectivity index (χ2v) is 10.2. The maximum absolute atomic E-state index is 6.45. The van der Waals surface area contributed by atoms with Gasteiger partial charge in [-0.05, 0) is 85.7 Å². The number of aromatic nitrogens is 3. The van der Waals surface area contributed by atoms with Crippen LogP contribution in [-0.2, 0) is 6.42 Å². The van der Waals surface area contributed by atoms with Crippen molar-refractivity contribution in [3.8, 4) is 11.3 Å². The number of nitrogens with one attached hydrogen (secondary N) is 1. The van der Waals surface area contributed by atoms with Gasteiger partial charge in [-0.3, -0.25) is 9.88 Å². The van der Waals surface area contributed by atoms with E-state index in [0.29, 0.717) is 6.42 Å². The highest BCUT2D eigenvalue weighted by molar-refractivity contribution is 7.08. The van der Waals surface area contributed by atoms with Gasteiger partial charge in [0.1, 0.15) is 11.3 Å². The Bertz CT molecular complexity index is 1360. The Morgan fingerprint density at radius 3 is 2.65 bits per heavy atom. The topological polar surface area (TPSA) is 70.8 Å². The van der Waals surface area contributed by atoms with Crippen molar-refractivity contribution in [3.63, 3.8) is 0 Å². The predicted molar refractivity (Wildman–Crippen MR) is 158 cm³/mol. The van der Waals surface area contributed by atoms with Gasteiger partial charge in [-0.2, -0.15) is 11.3 Å². The molecule has 0 unspecified atom stereocenters. The molecule has 1 aliphatic heterocycles. The van der Waals surface area contributed by atoms with Crippen LogP contribution in [0, 0.1) is 0 Å². The molecule has 0 atom stereocenters. The third-order valence-corrected chi connectivity index (χ3v) is 7.46. The van der Waals surface area contributed by atoms with E-state index in [1.165, 1.54) is 24.8 Å². The lowest BCUT2D eigenvalue weighted by molar-refractivity contribution is 0.248. The predicted octanol–water partition coefficient (Wildman–Crippen LogP) is 7.12. The van der Waals surface area contributed by atoms with E-state index in [4.69, 9.17) is 10.7 Å². The van der Waals surface area contributed by atoms with Crippen LogP contribution < -0.4 is 5.73 Å². The maximum Gasteiger partial charge on any atom is 0.115 e. The zero-order chi connectivity index (χ0) is 26.2. The zero-order valence-corrected chi connectivity index (χ0v) is 22.8. The molecule has 5 nitrogen and oxygen atoms in total. The lowest BCUT2D eigenvalue weighted by Gasteiger charge is -2.26. The van der Waals surface area contributed by atoms with Crippen molar-refractivity contribution >= 4 is 22.4 Å². The summed E-state index contributed by atoms with van der Waals surface area (Å²) in [7, 11) is 0. The molecule has 1 saturated heterocycles. The Morgan fingerprint density at radius 1 is 1.16 bits per heavy atom. The number of allylic oxidation sites excluding steroid dienone is 7. The van der Waals surface area contributed by atoms with Crippen LogP contribution in [0.2, 0.25) is 0 Å². The summed E-state index contributed by atoms with van der Waals surface area (Å²) >= 11 is 1.65. The minimum Gasteiger partial charge on any atom is -0.399 e. The molecule has 0 aromatic carbocycles. The quantitative estimate of drug-likeness (QED) is 0.284. The lowest BCUT2D eigenvalue weighted by atomic mass is 9.98. The third-order valence-electron chi connectivity index (χ3n) is 6.77. The fraction of sp³-hybridized carbons (Fsp3) is 0.290. The highest BCUT2D eigenvalue weighted by atomic mass is 32.1. The minimum absolute atomic E-state index is 0.565. The van der Waals surface area contributed by atoms with Crippen molar-refractivity contribution in [2.24, 2.45) is 5.73 Å². The highest BCUT2D eigenvalue weighted by Crippen LogP contribution is 2.28. The number of piperidine rings is 1. The SMILES string of the molecule is C=C/C(=C\C(=C/C)C(=C)/C=C(Cc1nc2c(-c3ccsc3)nccc2[nH]1)\C(N)=C/C)CN1CCCCC1. The molecule has 3 N–H and O–H groups in total. The average Bonchev–Trinajstić information content (AvgIpc) is 3.60. The molecular formula is C31H37N5S. The van der Waals surface area contributed by atoms with E-state index in [-0.39, 0.29) is 0 Å². The van der Waals surface area contributed by atoms with Crippen LogP contribution in [-0.4, -0.2) is 39.5 Å². The Labute approximate surface area is 224 Å². The first kappa shape index (κ1) is 26.6. The van der Waals surface area contributed by atoms with Crippen LogP contribution in [0.15, 0.2) is 101 Å². The summed E-state index contributed by atoms with van der Waals surface area (Å²) in [5.74, 6) is 0.845. The van der Waals surface area contributed by atoms with Gasteiger partial charge in [0, 0.05) is 35.8 Å². The number of likely N-dealkylation sites (tertiary alicyclic amines) is 1. The number of fused-ring (bicyclic) bond motifs is 1. The standard InChI is InChI=1S/C31H37N5S/c1-5-23(20-36-14-9-8-10-15-36)18-24(6-2)22(4)17-26(27(32)7-3)19-29-34-28-11-13-33-30(31(28)35-29)25-12-16-37-21-25/h5-7,11-13,16-18,21H,1,4,8-10,14-15,19-20,32H2,2-3H3,(H,34,35)/b23-18+,24-6+,26-17-,27-7+. The summed E-state index contributed by atoms with van der Waals surface area (Å²) in [4.78, 5) is 15.5. The number of imidazole rings is 1. The van der Waals surface area contributed by atoms with Crippen LogP contribution in [0.5, 0.6) is 0 Å². The molecule has 3 aromatic heterocycles. The van der Waals surface area contributed by atoms with Gasteiger partial charge >= 0.3 is 0 Å². The molecule has 4 rings (SSSR count). The van der Waals surface area contributed by atoms with Crippen LogP contribution in [0.25, 0.3) is 22.3 Å². The van der Waals surface area contributed by atoms with E-state index >= 15 is 0 Å². The van der Waals surface area contributed by atoms with E-state index in [0.717, 1.165) is 70.2 Å². The van der Waals surface area contributed by atoms with Gasteiger partial charge in [0.15, 0.2) is 0 Å². The normalized spacial score (nSPS) is 16.4. The number of H-pyrrole nitrogens is 1. The lowest BCUT2D eigenvalue weighted by Crippen LogP contribution is -2.31. The van der Waals surface area contributed by atoms with Gasteiger partial charge in [0.25, 0.3) is 0 Å². The largest absolute Gasteiger partial charge is 0.399 e. The number of nitrogens with zero attached hydrogens (tertiary/aromatic N) is 3. The molecular weight excluding hydrogens is 474 g/mol. The number of aromatic amines is 1. The van der Waals surface area contributed by atoms with Crippen molar-refractivity contribution in [3.05, 3.63) is 106 Å². The Hall–Kier alpha value is -3.48. The van der Waals surface area contributed by atoms with Crippen molar-refractivity contribution in [2.75, 3.05) is 19.6 Å². The Kier molecular flexibility index (Phi) is 9.09. The van der Waals surface area contributed by atoms with Gasteiger partial charge in [-0.25, -0.2) is 4.98 Å². The number of nitrogens with two attached hydrogens (primary N) is 1. The van der Waals surface area contributed by atoms with Crippen molar-refractivity contribution in [1.82, 2.24) is 19.9 Å². The molecule has 0 radical (unpaired) electrons. The summed E-state index contributed by atoms with van der Waals surface area (Å²) < 4.78 is 0. The maximum atomic E-state index is 6.45. The molecule has 192 valence electrons. The number of hydrogen-bond donors (Lipinski definition) is 2. The Morgan fingerprint density at radius 2 is 1.97 bits per heavy atom. The van der Waals surface area contributed by atoms with Crippen LogP contribution in [0.4, 0.5) is 0 Å². The molecule has 0 saturated carbocycles. The van der Waals surface area contributed by atoms with E-state index < -0.39 is 0 Å². The number of thiophene rings is 1. The van der Waals surface area contributed by atoms with E-state index in [1.54, 1.807) is 11.3 Å². The first-order chi connectivity index (χ1) is 18.0. The number of pyridine rings is 1. The number of rotatable bonds is 10. The smallest absolute Gasteiger partial charge is 0.115 e. The molecule has 0 aliphatic carbocycles. The fourth-order valence-electron chi connectivity index (χ4n) is 4.68. The molecule has 1 aliphatic rings. The zero-order valence-electron chi connectivity index (χ0n) is 22.0. The second-order valence-electron chi connectivity index (χ2n) is 9.37. The van der Waals surface area contributed by atoms with Crippen LogP contribution in [0.1, 0.15) is 38.9 Å². The van der Waals surface area contributed by atoms with E-state index in [2.05, 4.69) is 63.1 Å². The van der Waals surface area contributed by atoms with Gasteiger partial charge in [-0.1, -0.05) is 43.9 Å². The summed E-state index contributed by atoms with van der Waals surface area (Å²) in [6, 6.07) is 4.04. The molecule has 0 spiro atoms. The van der Waals surface area contributed by atoms with E-state index in [9.17, 15) is 0 Å².